The fourth-order valence-corrected chi connectivity index (χ4v) is 2.18. The van der Waals surface area contributed by atoms with Gasteiger partial charge in [-0.2, -0.15) is 0 Å². The molecule has 2 amide bonds. The van der Waals surface area contributed by atoms with Crippen LogP contribution in [0.2, 0.25) is 0 Å². The lowest BCUT2D eigenvalue weighted by Gasteiger charge is -2.30. The standard InChI is InChI=1S/C13H13N3O6/c1-6-10(12(18)22-2)11(15-13(19)14-6)8-5-7(16(20)21)3-4-9(8)17/h3-5,11,17H,1-2H3,(H2,14,15,19)/p-1/t11-/m1/s1. The summed E-state index contributed by atoms with van der Waals surface area (Å²) in [5, 5.41) is 27.6. The van der Waals surface area contributed by atoms with Gasteiger partial charge in [0.1, 0.15) is 0 Å². The van der Waals surface area contributed by atoms with Crippen molar-refractivity contribution in [1.82, 2.24) is 10.6 Å². The Kier molecular flexibility index (Phi) is 3.97. The maximum Gasteiger partial charge on any atom is 0.337 e. The number of rotatable bonds is 3. The lowest BCUT2D eigenvalue weighted by atomic mass is 9.94. The number of nitrogens with zero attached hydrogens (tertiary/aromatic N) is 1. The molecule has 116 valence electrons. The number of allylic oxidation sites excluding steroid dienone is 1. The molecule has 1 aromatic rings. The van der Waals surface area contributed by atoms with E-state index in [-0.39, 0.29) is 22.5 Å². The van der Waals surface area contributed by atoms with Gasteiger partial charge in [-0.25, -0.2) is 9.59 Å². The SMILES string of the molecule is COC(=O)C1=C(C)NC(=O)N[C@@H]1c1cc([N+](=O)[O-])ccc1[O-]. The second-order valence-electron chi connectivity index (χ2n) is 4.54. The molecule has 1 aliphatic rings. The number of nitrogens with one attached hydrogen (secondary N) is 2. The molecule has 0 saturated carbocycles. The molecule has 1 aliphatic heterocycles. The van der Waals surface area contributed by atoms with E-state index >= 15 is 0 Å². The molecule has 0 fully saturated rings. The molecule has 22 heavy (non-hydrogen) atoms. The van der Waals surface area contributed by atoms with Gasteiger partial charge in [0.05, 0.1) is 23.6 Å². The molecule has 0 aliphatic carbocycles. The van der Waals surface area contributed by atoms with Gasteiger partial charge in [0.2, 0.25) is 0 Å². The first-order valence-corrected chi connectivity index (χ1v) is 6.17. The van der Waals surface area contributed by atoms with Crippen molar-refractivity contribution in [2.75, 3.05) is 7.11 Å². The number of nitro groups is 1. The summed E-state index contributed by atoms with van der Waals surface area (Å²) in [7, 11) is 1.15. The first kappa shape index (κ1) is 15.3. The number of methoxy groups -OCH3 is 1. The summed E-state index contributed by atoms with van der Waals surface area (Å²) < 4.78 is 4.64. The van der Waals surface area contributed by atoms with Crippen LogP contribution in [0.5, 0.6) is 5.75 Å². The molecule has 9 nitrogen and oxygen atoms in total. The molecule has 0 bridgehead atoms. The molecular weight excluding hydrogens is 294 g/mol. The average molecular weight is 306 g/mol. The first-order valence-electron chi connectivity index (χ1n) is 6.17. The van der Waals surface area contributed by atoms with E-state index in [1.165, 1.54) is 6.92 Å². The number of esters is 1. The summed E-state index contributed by atoms with van der Waals surface area (Å²) in [6.45, 7) is 1.47. The van der Waals surface area contributed by atoms with Crippen LogP contribution in [0.1, 0.15) is 18.5 Å². The number of hydrogen-bond donors (Lipinski definition) is 2. The van der Waals surface area contributed by atoms with E-state index in [0.29, 0.717) is 0 Å². The number of urea groups is 1. The molecule has 0 saturated heterocycles. The van der Waals surface area contributed by atoms with Gasteiger partial charge in [-0.15, -0.1) is 5.75 Å². The molecule has 0 spiro atoms. The Labute approximate surface area is 124 Å². The fourth-order valence-electron chi connectivity index (χ4n) is 2.18. The van der Waals surface area contributed by atoms with Gasteiger partial charge in [0.25, 0.3) is 5.69 Å². The van der Waals surface area contributed by atoms with Crippen LogP contribution in [-0.4, -0.2) is 24.0 Å². The van der Waals surface area contributed by atoms with Crippen molar-refractivity contribution in [2.24, 2.45) is 0 Å². The van der Waals surface area contributed by atoms with Crippen molar-refractivity contribution >= 4 is 17.7 Å². The second kappa shape index (κ2) is 5.72. The summed E-state index contributed by atoms with van der Waals surface area (Å²) in [4.78, 5) is 33.7. The van der Waals surface area contributed by atoms with Crippen LogP contribution >= 0.6 is 0 Å². The summed E-state index contributed by atoms with van der Waals surface area (Å²) in [6.07, 6.45) is 0. The van der Waals surface area contributed by atoms with Crippen LogP contribution in [0.3, 0.4) is 0 Å². The Morgan fingerprint density at radius 1 is 1.41 bits per heavy atom. The molecule has 0 radical (unpaired) electrons. The molecule has 1 aromatic carbocycles. The van der Waals surface area contributed by atoms with Gasteiger partial charge >= 0.3 is 12.0 Å². The third-order valence-electron chi connectivity index (χ3n) is 3.19. The highest BCUT2D eigenvalue weighted by molar-refractivity contribution is 5.95. The van der Waals surface area contributed by atoms with E-state index in [0.717, 1.165) is 25.3 Å². The number of carbonyl (C=O) groups excluding carboxylic acids is 2. The minimum atomic E-state index is -1.12. The summed E-state index contributed by atoms with van der Waals surface area (Å²) in [5.74, 6) is -1.28. The predicted octanol–water partition coefficient (Wildman–Crippen LogP) is 0.469. The van der Waals surface area contributed by atoms with Crippen LogP contribution in [0.15, 0.2) is 29.5 Å². The van der Waals surface area contributed by atoms with E-state index in [1.807, 2.05) is 0 Å². The van der Waals surface area contributed by atoms with Crippen LogP contribution in [0.25, 0.3) is 0 Å². The maximum absolute atomic E-state index is 12.0. The van der Waals surface area contributed by atoms with Crippen molar-refractivity contribution in [3.8, 4) is 5.75 Å². The highest BCUT2D eigenvalue weighted by atomic mass is 16.6. The summed E-state index contributed by atoms with van der Waals surface area (Å²) in [5.41, 5.74) is -0.167. The lowest BCUT2D eigenvalue weighted by molar-refractivity contribution is -0.385. The van der Waals surface area contributed by atoms with Crippen molar-refractivity contribution < 1.29 is 24.4 Å². The average Bonchev–Trinajstić information content (AvgIpc) is 2.46. The molecule has 9 heteroatoms. The zero-order chi connectivity index (χ0) is 16.4. The van der Waals surface area contributed by atoms with E-state index in [4.69, 9.17) is 0 Å². The Morgan fingerprint density at radius 3 is 2.68 bits per heavy atom. The van der Waals surface area contributed by atoms with E-state index in [9.17, 15) is 24.8 Å². The number of amides is 2. The number of hydrogen-bond acceptors (Lipinski definition) is 6. The summed E-state index contributed by atoms with van der Waals surface area (Å²) >= 11 is 0. The topological polar surface area (TPSA) is 134 Å². The molecule has 0 aromatic heterocycles. The lowest BCUT2D eigenvalue weighted by Crippen LogP contribution is -2.45. The number of ether oxygens (including phenoxy) is 1. The molecule has 0 unspecified atom stereocenters. The van der Waals surface area contributed by atoms with Crippen LogP contribution < -0.4 is 15.7 Å². The third-order valence-corrected chi connectivity index (χ3v) is 3.19. The van der Waals surface area contributed by atoms with Crippen LogP contribution in [-0.2, 0) is 9.53 Å². The van der Waals surface area contributed by atoms with Gasteiger partial charge in [0.15, 0.2) is 0 Å². The van der Waals surface area contributed by atoms with Crippen LogP contribution in [0.4, 0.5) is 10.5 Å². The maximum atomic E-state index is 12.0. The van der Waals surface area contributed by atoms with Gasteiger partial charge in [0, 0.05) is 17.8 Å². The van der Waals surface area contributed by atoms with Crippen LogP contribution in [0, 0.1) is 10.1 Å². The normalized spacial score (nSPS) is 17.5. The van der Waals surface area contributed by atoms with Crippen molar-refractivity contribution in [3.05, 3.63) is 45.1 Å². The van der Waals surface area contributed by atoms with Crippen molar-refractivity contribution in [1.29, 1.82) is 0 Å². The van der Waals surface area contributed by atoms with E-state index < -0.39 is 28.7 Å². The first-order chi connectivity index (χ1) is 10.3. The Morgan fingerprint density at radius 2 is 2.09 bits per heavy atom. The molecule has 1 heterocycles. The number of nitro benzene ring substituents is 1. The van der Waals surface area contributed by atoms with Gasteiger partial charge < -0.3 is 20.5 Å². The molecular formula is C13H12N3O6-. The Hall–Kier alpha value is -3.10. The minimum Gasteiger partial charge on any atom is -0.872 e. The highest BCUT2D eigenvalue weighted by Gasteiger charge is 2.32. The second-order valence-corrected chi connectivity index (χ2v) is 4.54. The highest BCUT2D eigenvalue weighted by Crippen LogP contribution is 2.33. The number of carbonyl (C=O) groups is 2. The monoisotopic (exact) mass is 306 g/mol. The summed E-state index contributed by atoms with van der Waals surface area (Å²) in [6, 6.07) is 1.37. The fraction of sp³-hybridized carbons (Fsp3) is 0.231. The zero-order valence-corrected chi connectivity index (χ0v) is 11.7. The molecule has 1 atom stereocenters. The van der Waals surface area contributed by atoms with Gasteiger partial charge in [-0.05, 0) is 12.5 Å². The molecule has 2 rings (SSSR count). The number of non-ortho nitro benzene ring substituents is 1. The van der Waals surface area contributed by atoms with Crippen molar-refractivity contribution in [3.63, 3.8) is 0 Å². The predicted molar refractivity (Wildman–Crippen MR) is 71.7 cm³/mol. The third kappa shape index (κ3) is 2.68. The Bertz CT molecular complexity index is 697. The largest absolute Gasteiger partial charge is 0.872 e. The minimum absolute atomic E-state index is 0.0136. The van der Waals surface area contributed by atoms with E-state index in [2.05, 4.69) is 15.4 Å². The smallest absolute Gasteiger partial charge is 0.337 e. The number of benzene rings is 1. The quantitative estimate of drug-likeness (QED) is 0.473. The van der Waals surface area contributed by atoms with Crippen molar-refractivity contribution in [2.45, 2.75) is 13.0 Å². The van der Waals surface area contributed by atoms with Gasteiger partial charge in [-0.1, -0.05) is 6.07 Å². The Balaban J connectivity index is 2.60. The van der Waals surface area contributed by atoms with Gasteiger partial charge in [-0.3, -0.25) is 10.1 Å². The van der Waals surface area contributed by atoms with E-state index in [1.54, 1.807) is 0 Å². The zero-order valence-electron chi connectivity index (χ0n) is 11.7. The molecule has 2 N–H and O–H groups in total.